The Hall–Kier alpha value is -3.94. The maximum Gasteiger partial charge on any atom is 0.405 e. The highest BCUT2D eigenvalue weighted by Gasteiger charge is 2.29. The number of likely N-dealkylation sites (tertiary alicyclic amines) is 1. The van der Waals surface area contributed by atoms with Gasteiger partial charge >= 0.3 is 6.18 Å². The number of anilines is 2. The highest BCUT2D eigenvalue weighted by atomic mass is 19.4. The summed E-state index contributed by atoms with van der Waals surface area (Å²) in [5, 5.41) is 8.88. The number of likely N-dealkylation sites (N-methyl/N-ethyl adjacent to an activating group) is 1. The van der Waals surface area contributed by atoms with Gasteiger partial charge in [0.15, 0.2) is 11.4 Å². The second kappa shape index (κ2) is 8.54. The standard InChI is InChI=1S/C19H19F3N8O3/c1-29-5-11(6-29)30-7-12(15(28-30)16(23)31)26-17(32)13-8-33-18(27-13)10-2-3-24-14(4-10)25-9-19(20,21)22/h2-4,7-8,11H,5-6,9H2,1H3,(H2,23,31)(H,24,25)(H,26,32). The molecule has 4 heterocycles. The number of rotatable bonds is 7. The van der Waals surface area contributed by atoms with Gasteiger partial charge in [0.2, 0.25) is 5.89 Å². The molecule has 0 atom stereocenters. The minimum Gasteiger partial charge on any atom is -0.444 e. The normalized spacial score (nSPS) is 14.7. The van der Waals surface area contributed by atoms with Gasteiger partial charge < -0.3 is 25.7 Å². The molecule has 1 fully saturated rings. The Balaban J connectivity index is 1.48. The average molecular weight is 464 g/mol. The minimum atomic E-state index is -4.40. The van der Waals surface area contributed by atoms with E-state index in [1.165, 1.54) is 24.5 Å². The van der Waals surface area contributed by atoms with E-state index in [9.17, 15) is 22.8 Å². The zero-order chi connectivity index (χ0) is 23.8. The number of carbonyl (C=O) groups excluding carboxylic acids is 2. The number of carbonyl (C=O) groups is 2. The summed E-state index contributed by atoms with van der Waals surface area (Å²) >= 11 is 0. The van der Waals surface area contributed by atoms with Crippen LogP contribution in [0.25, 0.3) is 11.5 Å². The number of primary amides is 1. The molecule has 1 aliphatic heterocycles. The summed E-state index contributed by atoms with van der Waals surface area (Å²) in [7, 11) is 1.94. The van der Waals surface area contributed by atoms with E-state index in [1.54, 1.807) is 4.68 Å². The SMILES string of the molecule is CN1CC(n2cc(NC(=O)c3coc(-c4ccnc(NCC(F)(F)F)c4)n3)c(C(N)=O)n2)C1. The van der Waals surface area contributed by atoms with Crippen molar-refractivity contribution in [2.45, 2.75) is 12.2 Å². The fraction of sp³-hybridized carbons (Fsp3) is 0.316. The summed E-state index contributed by atoms with van der Waals surface area (Å²) in [6, 6.07) is 2.84. The Morgan fingerprint density at radius 2 is 2.09 bits per heavy atom. The molecular weight excluding hydrogens is 445 g/mol. The Morgan fingerprint density at radius 1 is 1.33 bits per heavy atom. The third-order valence-corrected chi connectivity index (χ3v) is 4.85. The van der Waals surface area contributed by atoms with Gasteiger partial charge in [0, 0.05) is 31.0 Å². The number of nitrogens with two attached hydrogens (primary N) is 1. The molecule has 0 spiro atoms. The minimum absolute atomic E-state index is 0.000865. The molecule has 3 aromatic heterocycles. The predicted octanol–water partition coefficient (Wildman–Crippen LogP) is 1.74. The number of hydrogen-bond acceptors (Lipinski definition) is 8. The van der Waals surface area contributed by atoms with Crippen LogP contribution in [0.2, 0.25) is 0 Å². The molecule has 0 bridgehead atoms. The summed E-state index contributed by atoms with van der Waals surface area (Å²) in [4.78, 5) is 34.3. The van der Waals surface area contributed by atoms with Gasteiger partial charge in [0.25, 0.3) is 11.8 Å². The summed E-state index contributed by atoms with van der Waals surface area (Å²) in [5.41, 5.74) is 5.63. The largest absolute Gasteiger partial charge is 0.444 e. The van der Waals surface area contributed by atoms with Crippen molar-refractivity contribution in [1.29, 1.82) is 0 Å². The lowest BCUT2D eigenvalue weighted by molar-refractivity contribution is -0.115. The van der Waals surface area contributed by atoms with E-state index in [-0.39, 0.29) is 34.8 Å². The molecule has 2 amide bonds. The van der Waals surface area contributed by atoms with Crippen molar-refractivity contribution in [2.75, 3.05) is 37.3 Å². The van der Waals surface area contributed by atoms with Crippen LogP contribution in [0.3, 0.4) is 0 Å². The number of oxazole rings is 1. The number of pyridine rings is 1. The number of hydrogen-bond donors (Lipinski definition) is 3. The molecule has 0 saturated carbocycles. The van der Waals surface area contributed by atoms with Crippen LogP contribution in [0.5, 0.6) is 0 Å². The maximum absolute atomic E-state index is 12.6. The van der Waals surface area contributed by atoms with Crippen LogP contribution in [0.4, 0.5) is 24.7 Å². The molecule has 174 valence electrons. The van der Waals surface area contributed by atoms with Crippen LogP contribution in [-0.2, 0) is 0 Å². The number of aromatic nitrogens is 4. The molecule has 1 aliphatic rings. The first-order valence-corrected chi connectivity index (χ1v) is 9.70. The molecule has 0 unspecified atom stereocenters. The molecular formula is C19H19F3N8O3. The van der Waals surface area contributed by atoms with E-state index in [2.05, 4.69) is 30.6 Å². The van der Waals surface area contributed by atoms with E-state index >= 15 is 0 Å². The van der Waals surface area contributed by atoms with Crippen molar-refractivity contribution < 1.29 is 27.2 Å². The smallest absolute Gasteiger partial charge is 0.405 e. The van der Waals surface area contributed by atoms with Crippen molar-refractivity contribution in [3.63, 3.8) is 0 Å². The lowest BCUT2D eigenvalue weighted by atomic mass is 10.1. The molecule has 4 N–H and O–H groups in total. The quantitative estimate of drug-likeness (QED) is 0.480. The van der Waals surface area contributed by atoms with Gasteiger partial charge in [0.1, 0.15) is 18.6 Å². The fourth-order valence-electron chi connectivity index (χ4n) is 3.23. The van der Waals surface area contributed by atoms with Gasteiger partial charge in [-0.15, -0.1) is 0 Å². The van der Waals surface area contributed by atoms with E-state index in [4.69, 9.17) is 10.2 Å². The molecule has 3 aromatic rings. The van der Waals surface area contributed by atoms with Crippen LogP contribution < -0.4 is 16.4 Å². The molecule has 4 rings (SSSR count). The van der Waals surface area contributed by atoms with Crippen molar-refractivity contribution >= 4 is 23.3 Å². The van der Waals surface area contributed by atoms with Crippen molar-refractivity contribution in [3.05, 3.63) is 42.2 Å². The van der Waals surface area contributed by atoms with Crippen LogP contribution in [0, 0.1) is 0 Å². The van der Waals surface area contributed by atoms with Crippen LogP contribution >= 0.6 is 0 Å². The molecule has 14 heteroatoms. The van der Waals surface area contributed by atoms with Gasteiger partial charge in [-0.05, 0) is 19.2 Å². The Morgan fingerprint density at radius 3 is 2.76 bits per heavy atom. The van der Waals surface area contributed by atoms with Crippen LogP contribution in [0.1, 0.15) is 27.0 Å². The van der Waals surface area contributed by atoms with Gasteiger partial charge in [-0.25, -0.2) is 9.97 Å². The average Bonchev–Trinajstić information content (AvgIpc) is 3.37. The van der Waals surface area contributed by atoms with Crippen LogP contribution in [-0.4, -0.2) is 69.3 Å². The van der Waals surface area contributed by atoms with Gasteiger partial charge in [-0.3, -0.25) is 14.3 Å². The van der Waals surface area contributed by atoms with Gasteiger partial charge in [-0.1, -0.05) is 0 Å². The molecule has 0 aromatic carbocycles. The first-order valence-electron chi connectivity index (χ1n) is 9.70. The van der Waals surface area contributed by atoms with E-state index in [0.29, 0.717) is 5.56 Å². The maximum atomic E-state index is 12.6. The van der Waals surface area contributed by atoms with E-state index in [0.717, 1.165) is 19.4 Å². The third-order valence-electron chi connectivity index (χ3n) is 4.85. The van der Waals surface area contributed by atoms with Gasteiger partial charge in [0.05, 0.1) is 11.7 Å². The molecule has 1 saturated heterocycles. The molecule has 11 nitrogen and oxygen atoms in total. The third kappa shape index (κ3) is 5.11. The van der Waals surface area contributed by atoms with E-state index < -0.39 is 24.5 Å². The number of amides is 2. The van der Waals surface area contributed by atoms with Crippen molar-refractivity contribution in [1.82, 2.24) is 24.6 Å². The zero-order valence-corrected chi connectivity index (χ0v) is 17.3. The monoisotopic (exact) mass is 464 g/mol. The Bertz CT molecular complexity index is 1180. The second-order valence-electron chi connectivity index (χ2n) is 7.50. The first-order chi connectivity index (χ1) is 15.6. The first kappa shape index (κ1) is 22.3. The Labute approximate surface area is 184 Å². The summed E-state index contributed by atoms with van der Waals surface area (Å²) in [6.07, 6.45) is -0.511. The molecule has 0 aliphatic carbocycles. The summed E-state index contributed by atoms with van der Waals surface area (Å²) < 4.78 is 44.1. The van der Waals surface area contributed by atoms with E-state index in [1.807, 2.05) is 7.05 Å². The number of nitrogens with one attached hydrogen (secondary N) is 2. The van der Waals surface area contributed by atoms with Crippen molar-refractivity contribution in [2.24, 2.45) is 5.73 Å². The highest BCUT2D eigenvalue weighted by molar-refractivity contribution is 6.07. The molecule has 33 heavy (non-hydrogen) atoms. The molecule has 0 radical (unpaired) electrons. The highest BCUT2D eigenvalue weighted by Crippen LogP contribution is 2.25. The lowest BCUT2D eigenvalue weighted by Gasteiger charge is -2.36. The topological polar surface area (TPSA) is 144 Å². The number of nitrogens with zero attached hydrogens (tertiary/aromatic N) is 5. The Kier molecular flexibility index (Phi) is 5.76. The second-order valence-corrected chi connectivity index (χ2v) is 7.50. The zero-order valence-electron chi connectivity index (χ0n) is 17.3. The van der Waals surface area contributed by atoms with Crippen molar-refractivity contribution in [3.8, 4) is 11.5 Å². The number of alkyl halides is 3. The fourth-order valence-corrected chi connectivity index (χ4v) is 3.23. The van der Waals surface area contributed by atoms with Gasteiger partial charge in [-0.2, -0.15) is 18.3 Å². The number of halogens is 3. The lowest BCUT2D eigenvalue weighted by Crippen LogP contribution is -2.45. The summed E-state index contributed by atoms with van der Waals surface area (Å²) in [6.45, 7) is 0.229. The van der Waals surface area contributed by atoms with Crippen LogP contribution in [0.15, 0.2) is 35.2 Å². The summed E-state index contributed by atoms with van der Waals surface area (Å²) in [5.74, 6) is -1.51. The predicted molar refractivity (Wildman–Crippen MR) is 110 cm³/mol.